The maximum atomic E-state index is 13.1. The fourth-order valence-electron chi connectivity index (χ4n) is 3.15. The highest BCUT2D eigenvalue weighted by Crippen LogP contribution is 2.30. The van der Waals surface area contributed by atoms with E-state index in [0.29, 0.717) is 23.2 Å². The van der Waals surface area contributed by atoms with E-state index < -0.39 is 0 Å². The summed E-state index contributed by atoms with van der Waals surface area (Å²) in [6.07, 6.45) is 3.12. The van der Waals surface area contributed by atoms with E-state index in [1.807, 2.05) is 36.9 Å². The van der Waals surface area contributed by atoms with Gasteiger partial charge in [-0.05, 0) is 36.4 Å². The van der Waals surface area contributed by atoms with Crippen molar-refractivity contribution in [2.24, 2.45) is 14.1 Å². The molecule has 1 N–H and O–H groups in total. The average Bonchev–Trinajstić information content (AvgIpc) is 3.25. The molecule has 2 aromatic carbocycles. The van der Waals surface area contributed by atoms with Gasteiger partial charge in [0.2, 0.25) is 11.8 Å². The Labute approximate surface area is 164 Å². The second kappa shape index (κ2) is 6.55. The van der Waals surface area contributed by atoms with E-state index in [2.05, 4.69) is 25.4 Å². The quantitative estimate of drug-likeness (QED) is 0.502. The zero-order valence-electron chi connectivity index (χ0n) is 15.7. The van der Waals surface area contributed by atoms with Crippen LogP contribution in [0.3, 0.4) is 0 Å². The Morgan fingerprint density at radius 2 is 1.86 bits per heavy atom. The number of fused-ring (bicyclic) bond motifs is 2. The first-order chi connectivity index (χ1) is 14.1. The van der Waals surface area contributed by atoms with Crippen molar-refractivity contribution >= 4 is 33.7 Å². The van der Waals surface area contributed by atoms with Crippen molar-refractivity contribution in [3.8, 4) is 11.6 Å². The minimum Gasteiger partial charge on any atom is -0.438 e. The van der Waals surface area contributed by atoms with Gasteiger partial charge in [0.1, 0.15) is 23.3 Å². The van der Waals surface area contributed by atoms with Gasteiger partial charge in [0, 0.05) is 25.8 Å². The summed E-state index contributed by atoms with van der Waals surface area (Å²) in [6, 6.07) is 11.8. The fraction of sp³-hybridized carbons (Fsp3) is 0.100. The van der Waals surface area contributed by atoms with Crippen LogP contribution in [0.15, 0.2) is 55.0 Å². The van der Waals surface area contributed by atoms with Crippen LogP contribution in [-0.4, -0.2) is 29.3 Å². The SMILES string of the molecule is Cn1ncc2c(Oc3ccc4c(c3)nc(Nc3ccc(F)cc3)n4C)ncnc21. The minimum absolute atomic E-state index is 0.283. The third-order valence-corrected chi connectivity index (χ3v) is 4.66. The van der Waals surface area contributed by atoms with Crippen molar-refractivity contribution in [1.82, 2.24) is 29.3 Å². The van der Waals surface area contributed by atoms with E-state index in [9.17, 15) is 4.39 Å². The highest BCUT2D eigenvalue weighted by Gasteiger charge is 2.13. The van der Waals surface area contributed by atoms with Gasteiger partial charge in [-0.25, -0.2) is 19.3 Å². The van der Waals surface area contributed by atoms with Gasteiger partial charge in [0.25, 0.3) is 0 Å². The molecule has 3 aromatic heterocycles. The summed E-state index contributed by atoms with van der Waals surface area (Å²) in [5, 5.41) is 8.12. The maximum absolute atomic E-state index is 13.1. The number of rotatable bonds is 4. The molecule has 0 spiro atoms. The van der Waals surface area contributed by atoms with Gasteiger partial charge in [-0.2, -0.15) is 5.10 Å². The molecule has 9 heteroatoms. The first kappa shape index (κ1) is 17.1. The number of nitrogens with zero attached hydrogens (tertiary/aromatic N) is 6. The average molecular weight is 389 g/mol. The summed E-state index contributed by atoms with van der Waals surface area (Å²) in [4.78, 5) is 13.1. The predicted octanol–water partition coefficient (Wildman–Crippen LogP) is 3.93. The summed E-state index contributed by atoms with van der Waals surface area (Å²) in [7, 11) is 3.72. The summed E-state index contributed by atoms with van der Waals surface area (Å²) in [5.74, 6) is 1.39. The first-order valence-electron chi connectivity index (χ1n) is 8.88. The summed E-state index contributed by atoms with van der Waals surface area (Å²) in [6.45, 7) is 0. The van der Waals surface area contributed by atoms with Crippen LogP contribution < -0.4 is 10.1 Å². The van der Waals surface area contributed by atoms with Gasteiger partial charge in [-0.15, -0.1) is 0 Å². The molecule has 0 saturated carbocycles. The maximum Gasteiger partial charge on any atom is 0.233 e. The lowest BCUT2D eigenvalue weighted by Gasteiger charge is -2.06. The van der Waals surface area contributed by atoms with Gasteiger partial charge in [-0.1, -0.05) is 0 Å². The van der Waals surface area contributed by atoms with Gasteiger partial charge < -0.3 is 14.6 Å². The van der Waals surface area contributed by atoms with E-state index in [4.69, 9.17) is 4.74 Å². The molecule has 0 aliphatic heterocycles. The third-order valence-electron chi connectivity index (χ3n) is 4.66. The topological polar surface area (TPSA) is 82.7 Å². The normalized spacial score (nSPS) is 11.3. The van der Waals surface area contributed by atoms with E-state index in [0.717, 1.165) is 22.1 Å². The Bertz CT molecular complexity index is 1340. The molecule has 5 aromatic rings. The van der Waals surface area contributed by atoms with Crippen LogP contribution in [-0.2, 0) is 14.1 Å². The first-order valence-corrected chi connectivity index (χ1v) is 8.88. The van der Waals surface area contributed by atoms with Crippen LogP contribution in [0.4, 0.5) is 16.0 Å². The molecule has 144 valence electrons. The van der Waals surface area contributed by atoms with Crippen molar-refractivity contribution < 1.29 is 9.13 Å². The lowest BCUT2D eigenvalue weighted by Crippen LogP contribution is -1.98. The number of imidazole rings is 1. The number of ether oxygens (including phenoxy) is 1. The number of nitrogens with one attached hydrogen (secondary N) is 1. The van der Waals surface area contributed by atoms with Crippen molar-refractivity contribution in [1.29, 1.82) is 0 Å². The van der Waals surface area contributed by atoms with Crippen LogP contribution in [0.1, 0.15) is 0 Å². The molecule has 0 aliphatic carbocycles. The van der Waals surface area contributed by atoms with Crippen LogP contribution in [0.2, 0.25) is 0 Å². The van der Waals surface area contributed by atoms with Crippen LogP contribution in [0.5, 0.6) is 11.6 Å². The van der Waals surface area contributed by atoms with Crippen molar-refractivity contribution in [2.75, 3.05) is 5.32 Å². The van der Waals surface area contributed by atoms with Gasteiger partial charge in [0.05, 0.1) is 17.2 Å². The number of benzene rings is 2. The predicted molar refractivity (Wildman–Crippen MR) is 107 cm³/mol. The number of hydrogen-bond donors (Lipinski definition) is 1. The molecule has 0 bridgehead atoms. The molecule has 0 fully saturated rings. The Morgan fingerprint density at radius 3 is 2.69 bits per heavy atom. The number of halogens is 1. The highest BCUT2D eigenvalue weighted by molar-refractivity contribution is 5.82. The molecule has 3 heterocycles. The molecule has 29 heavy (non-hydrogen) atoms. The molecule has 0 aliphatic rings. The Morgan fingerprint density at radius 1 is 1.03 bits per heavy atom. The molecule has 0 radical (unpaired) electrons. The minimum atomic E-state index is -0.283. The van der Waals surface area contributed by atoms with Gasteiger partial charge in [0.15, 0.2) is 5.65 Å². The van der Waals surface area contributed by atoms with E-state index in [1.54, 1.807) is 23.0 Å². The summed E-state index contributed by atoms with van der Waals surface area (Å²) < 4.78 is 22.7. The van der Waals surface area contributed by atoms with Crippen molar-refractivity contribution in [2.45, 2.75) is 0 Å². The molecule has 8 nitrogen and oxygen atoms in total. The van der Waals surface area contributed by atoms with Crippen LogP contribution in [0.25, 0.3) is 22.1 Å². The Hall–Kier alpha value is -4.01. The molecular formula is C20H16FN7O. The van der Waals surface area contributed by atoms with E-state index >= 15 is 0 Å². The molecule has 0 unspecified atom stereocenters. The van der Waals surface area contributed by atoms with Crippen LogP contribution in [0, 0.1) is 5.82 Å². The Kier molecular flexibility index (Phi) is 3.87. The summed E-state index contributed by atoms with van der Waals surface area (Å²) >= 11 is 0. The number of hydrogen-bond acceptors (Lipinski definition) is 6. The molecule has 5 rings (SSSR count). The van der Waals surface area contributed by atoms with Crippen LogP contribution >= 0.6 is 0 Å². The second-order valence-corrected chi connectivity index (χ2v) is 6.56. The zero-order valence-corrected chi connectivity index (χ0v) is 15.7. The standard InChI is InChI=1S/C20H16FN7O/c1-27-17-8-7-14(29-19-15-10-24-28(2)18(15)22-11-23-19)9-16(17)26-20(27)25-13-5-3-12(21)4-6-13/h3-11H,1-2H3,(H,25,26). The summed E-state index contributed by atoms with van der Waals surface area (Å²) in [5.41, 5.74) is 3.13. The lowest BCUT2D eigenvalue weighted by atomic mass is 10.3. The number of aromatic nitrogens is 6. The zero-order chi connectivity index (χ0) is 20.0. The van der Waals surface area contributed by atoms with Gasteiger partial charge in [-0.3, -0.25) is 4.68 Å². The molecular weight excluding hydrogens is 373 g/mol. The fourth-order valence-corrected chi connectivity index (χ4v) is 3.15. The lowest BCUT2D eigenvalue weighted by molar-refractivity contribution is 0.468. The van der Waals surface area contributed by atoms with E-state index in [1.165, 1.54) is 18.5 Å². The van der Waals surface area contributed by atoms with Crippen molar-refractivity contribution in [3.05, 3.63) is 60.8 Å². The van der Waals surface area contributed by atoms with Crippen molar-refractivity contribution in [3.63, 3.8) is 0 Å². The van der Waals surface area contributed by atoms with Gasteiger partial charge >= 0.3 is 0 Å². The smallest absolute Gasteiger partial charge is 0.233 e. The molecule has 0 atom stereocenters. The highest BCUT2D eigenvalue weighted by atomic mass is 19.1. The number of anilines is 2. The Balaban J connectivity index is 1.48. The number of aryl methyl sites for hydroxylation is 2. The van der Waals surface area contributed by atoms with E-state index in [-0.39, 0.29) is 5.82 Å². The molecule has 0 saturated heterocycles. The monoisotopic (exact) mass is 389 g/mol. The largest absolute Gasteiger partial charge is 0.438 e. The molecule has 0 amide bonds. The third kappa shape index (κ3) is 3.02. The second-order valence-electron chi connectivity index (χ2n) is 6.56.